The van der Waals surface area contributed by atoms with Crippen LogP contribution < -0.4 is 5.32 Å². The van der Waals surface area contributed by atoms with Crippen molar-refractivity contribution >= 4 is 5.91 Å². The number of hydrogen-bond donors (Lipinski definition) is 1. The SMILES string of the molecule is C#CCN1CCN(CC(=O)NCCOC)CC1. The molecule has 1 amide bonds. The van der Waals surface area contributed by atoms with Crippen LogP contribution in [0.5, 0.6) is 0 Å². The van der Waals surface area contributed by atoms with Gasteiger partial charge < -0.3 is 10.1 Å². The number of nitrogens with one attached hydrogen (secondary N) is 1. The molecule has 0 aliphatic carbocycles. The highest BCUT2D eigenvalue weighted by Gasteiger charge is 2.17. The molecule has 0 aromatic heterocycles. The summed E-state index contributed by atoms with van der Waals surface area (Å²) in [6, 6.07) is 0. The van der Waals surface area contributed by atoms with Gasteiger partial charge in [-0.15, -0.1) is 6.42 Å². The first kappa shape index (κ1) is 14.0. The number of terminal acetylenes is 1. The summed E-state index contributed by atoms with van der Waals surface area (Å²) in [7, 11) is 1.62. The van der Waals surface area contributed by atoms with Crippen LogP contribution >= 0.6 is 0 Å². The van der Waals surface area contributed by atoms with Gasteiger partial charge in [-0.3, -0.25) is 14.6 Å². The van der Waals surface area contributed by atoms with Gasteiger partial charge in [-0.05, 0) is 0 Å². The van der Waals surface area contributed by atoms with Crippen molar-refractivity contribution in [2.75, 3.05) is 59.5 Å². The van der Waals surface area contributed by atoms with E-state index in [1.165, 1.54) is 0 Å². The van der Waals surface area contributed by atoms with Crippen molar-refractivity contribution in [1.82, 2.24) is 15.1 Å². The molecule has 1 N–H and O–H groups in total. The van der Waals surface area contributed by atoms with Crippen molar-refractivity contribution in [3.63, 3.8) is 0 Å². The largest absolute Gasteiger partial charge is 0.383 e. The Balaban J connectivity index is 2.13. The first-order valence-electron chi connectivity index (χ1n) is 5.90. The van der Waals surface area contributed by atoms with Crippen molar-refractivity contribution in [2.24, 2.45) is 0 Å². The molecule has 0 saturated carbocycles. The van der Waals surface area contributed by atoms with Gasteiger partial charge in [0.05, 0.1) is 19.7 Å². The number of ether oxygens (including phenoxy) is 1. The maximum atomic E-state index is 11.5. The number of nitrogens with zero attached hydrogens (tertiary/aromatic N) is 2. The third-order valence-electron chi connectivity index (χ3n) is 2.78. The fraction of sp³-hybridized carbons (Fsp3) is 0.750. The molecule has 1 fully saturated rings. The molecular formula is C12H21N3O2. The lowest BCUT2D eigenvalue weighted by Crippen LogP contribution is -2.49. The van der Waals surface area contributed by atoms with Crippen LogP contribution in [0.3, 0.4) is 0 Å². The van der Waals surface area contributed by atoms with Crippen LogP contribution in [0.2, 0.25) is 0 Å². The number of amides is 1. The molecule has 96 valence electrons. The van der Waals surface area contributed by atoms with E-state index in [9.17, 15) is 4.79 Å². The molecule has 0 atom stereocenters. The van der Waals surface area contributed by atoms with E-state index < -0.39 is 0 Å². The summed E-state index contributed by atoms with van der Waals surface area (Å²) in [4.78, 5) is 15.9. The van der Waals surface area contributed by atoms with Crippen LogP contribution in [-0.4, -0.2) is 75.2 Å². The summed E-state index contributed by atoms with van der Waals surface area (Å²) in [5, 5.41) is 2.82. The topological polar surface area (TPSA) is 44.8 Å². The molecule has 0 radical (unpaired) electrons. The Bertz CT molecular complexity index is 267. The van der Waals surface area contributed by atoms with Crippen molar-refractivity contribution in [2.45, 2.75) is 0 Å². The third-order valence-corrected chi connectivity index (χ3v) is 2.78. The van der Waals surface area contributed by atoms with E-state index in [2.05, 4.69) is 21.0 Å². The molecule has 17 heavy (non-hydrogen) atoms. The minimum atomic E-state index is 0.0625. The van der Waals surface area contributed by atoms with E-state index in [1.54, 1.807) is 7.11 Å². The first-order valence-corrected chi connectivity index (χ1v) is 5.90. The van der Waals surface area contributed by atoms with Crippen LogP contribution in [0.25, 0.3) is 0 Å². The lowest BCUT2D eigenvalue weighted by molar-refractivity contribution is -0.122. The van der Waals surface area contributed by atoms with E-state index in [4.69, 9.17) is 11.2 Å². The van der Waals surface area contributed by atoms with Gasteiger partial charge in [-0.1, -0.05) is 5.92 Å². The van der Waals surface area contributed by atoms with Crippen LogP contribution in [-0.2, 0) is 9.53 Å². The molecule has 0 spiro atoms. The summed E-state index contributed by atoms with van der Waals surface area (Å²) in [6.45, 7) is 5.99. The summed E-state index contributed by atoms with van der Waals surface area (Å²) >= 11 is 0. The average molecular weight is 239 g/mol. The number of piperazine rings is 1. The zero-order chi connectivity index (χ0) is 12.5. The summed E-state index contributed by atoms with van der Waals surface area (Å²) in [5.74, 6) is 2.70. The van der Waals surface area contributed by atoms with E-state index >= 15 is 0 Å². The Morgan fingerprint density at radius 1 is 1.35 bits per heavy atom. The Morgan fingerprint density at radius 3 is 2.59 bits per heavy atom. The molecule has 0 aromatic rings. The molecule has 0 aromatic carbocycles. The summed E-state index contributed by atoms with van der Waals surface area (Å²) in [6.07, 6.45) is 5.26. The predicted octanol–water partition coefficient (Wildman–Crippen LogP) is -1.00. The monoisotopic (exact) mass is 239 g/mol. The second kappa shape index (κ2) is 8.07. The second-order valence-electron chi connectivity index (χ2n) is 4.10. The highest BCUT2D eigenvalue weighted by atomic mass is 16.5. The van der Waals surface area contributed by atoms with Crippen molar-refractivity contribution < 1.29 is 9.53 Å². The van der Waals surface area contributed by atoms with Gasteiger partial charge in [0.15, 0.2) is 0 Å². The zero-order valence-corrected chi connectivity index (χ0v) is 10.4. The van der Waals surface area contributed by atoms with Crippen LogP contribution in [0.15, 0.2) is 0 Å². The lowest BCUT2D eigenvalue weighted by Gasteiger charge is -2.33. The van der Waals surface area contributed by atoms with Gasteiger partial charge in [0.25, 0.3) is 0 Å². The summed E-state index contributed by atoms with van der Waals surface area (Å²) < 4.78 is 4.87. The van der Waals surface area contributed by atoms with E-state index in [0.717, 1.165) is 26.2 Å². The van der Waals surface area contributed by atoms with Crippen molar-refractivity contribution in [1.29, 1.82) is 0 Å². The molecule has 1 aliphatic heterocycles. The lowest BCUT2D eigenvalue weighted by atomic mass is 10.3. The predicted molar refractivity (Wildman–Crippen MR) is 66.6 cm³/mol. The number of methoxy groups -OCH3 is 1. The standard InChI is InChI=1S/C12H21N3O2/c1-3-5-14-6-8-15(9-7-14)11-12(16)13-4-10-17-2/h1H,4-11H2,2H3,(H,13,16). The minimum Gasteiger partial charge on any atom is -0.383 e. The van der Waals surface area contributed by atoms with Crippen molar-refractivity contribution in [3.8, 4) is 12.3 Å². The molecule has 1 rings (SSSR count). The van der Waals surface area contributed by atoms with Gasteiger partial charge >= 0.3 is 0 Å². The Morgan fingerprint density at radius 2 is 2.00 bits per heavy atom. The van der Waals surface area contributed by atoms with Gasteiger partial charge in [0.1, 0.15) is 0 Å². The summed E-state index contributed by atoms with van der Waals surface area (Å²) in [5.41, 5.74) is 0. The maximum Gasteiger partial charge on any atom is 0.234 e. The maximum absolute atomic E-state index is 11.5. The molecular weight excluding hydrogens is 218 g/mol. The van der Waals surface area contributed by atoms with E-state index in [0.29, 0.717) is 26.2 Å². The second-order valence-corrected chi connectivity index (χ2v) is 4.10. The molecule has 0 bridgehead atoms. The fourth-order valence-electron chi connectivity index (χ4n) is 1.79. The normalized spacial score (nSPS) is 17.6. The number of carbonyl (C=O) groups is 1. The van der Waals surface area contributed by atoms with Crippen LogP contribution in [0, 0.1) is 12.3 Å². The number of carbonyl (C=O) groups excluding carboxylic acids is 1. The smallest absolute Gasteiger partial charge is 0.234 e. The number of hydrogen-bond acceptors (Lipinski definition) is 4. The molecule has 5 heteroatoms. The molecule has 1 saturated heterocycles. The molecule has 1 aliphatic rings. The van der Waals surface area contributed by atoms with Gasteiger partial charge in [0, 0.05) is 39.8 Å². The Labute approximate surface area is 103 Å². The van der Waals surface area contributed by atoms with Crippen LogP contribution in [0.4, 0.5) is 0 Å². The quantitative estimate of drug-likeness (QED) is 0.477. The van der Waals surface area contributed by atoms with Gasteiger partial charge in [0.2, 0.25) is 5.91 Å². The Kier molecular flexibility index (Phi) is 6.63. The zero-order valence-electron chi connectivity index (χ0n) is 10.4. The molecule has 0 unspecified atom stereocenters. The molecule has 1 heterocycles. The van der Waals surface area contributed by atoms with E-state index in [-0.39, 0.29) is 5.91 Å². The van der Waals surface area contributed by atoms with Crippen LogP contribution in [0.1, 0.15) is 0 Å². The van der Waals surface area contributed by atoms with E-state index in [1.807, 2.05) is 0 Å². The van der Waals surface area contributed by atoms with Crippen molar-refractivity contribution in [3.05, 3.63) is 0 Å². The Hall–Kier alpha value is -1.09. The highest BCUT2D eigenvalue weighted by molar-refractivity contribution is 5.77. The first-order chi connectivity index (χ1) is 8.26. The van der Waals surface area contributed by atoms with Gasteiger partial charge in [-0.25, -0.2) is 0 Å². The average Bonchev–Trinajstić information content (AvgIpc) is 2.32. The molecule has 5 nitrogen and oxygen atoms in total. The third kappa shape index (κ3) is 5.68. The van der Waals surface area contributed by atoms with Gasteiger partial charge in [-0.2, -0.15) is 0 Å². The minimum absolute atomic E-state index is 0.0625. The highest BCUT2D eigenvalue weighted by Crippen LogP contribution is 2.00. The fourth-order valence-corrected chi connectivity index (χ4v) is 1.79. The number of rotatable bonds is 6.